The van der Waals surface area contributed by atoms with Crippen LogP contribution in [-0.2, 0) is 0 Å². The third-order valence-corrected chi connectivity index (χ3v) is 7.62. The van der Waals surface area contributed by atoms with Gasteiger partial charge in [-0.25, -0.2) is 0 Å². The Morgan fingerprint density at radius 3 is 2.38 bits per heavy atom. The number of fused-ring (bicyclic) bond motifs is 2. The van der Waals surface area contributed by atoms with Gasteiger partial charge in [0.2, 0.25) is 0 Å². The quantitative estimate of drug-likeness (QED) is 0.679. The van der Waals surface area contributed by atoms with Gasteiger partial charge in [0.25, 0.3) is 0 Å². The van der Waals surface area contributed by atoms with Gasteiger partial charge in [0, 0.05) is 0 Å². The molecule has 2 fully saturated rings. The molecule has 2 saturated carbocycles. The van der Waals surface area contributed by atoms with E-state index in [1.54, 1.807) is 4.44 Å². The fraction of sp³-hybridized carbons (Fsp3) is 0.500. The molecule has 2 aliphatic carbocycles. The van der Waals surface area contributed by atoms with Crippen LogP contribution >= 0.6 is 11.6 Å². The van der Waals surface area contributed by atoms with Gasteiger partial charge >= 0.3 is 137 Å². The Bertz CT molecular complexity index is 634. The molecule has 21 heavy (non-hydrogen) atoms. The monoisotopic (exact) mass is 365 g/mol. The molecule has 110 valence electrons. The van der Waals surface area contributed by atoms with Crippen LogP contribution in [-0.4, -0.2) is 19.5 Å². The molecule has 0 amide bonds. The second kappa shape index (κ2) is 5.57. The van der Waals surface area contributed by atoms with Crippen molar-refractivity contribution < 1.29 is 0 Å². The van der Waals surface area contributed by atoms with Gasteiger partial charge in [0.15, 0.2) is 0 Å². The van der Waals surface area contributed by atoms with Crippen molar-refractivity contribution in [1.29, 1.82) is 0 Å². The van der Waals surface area contributed by atoms with Gasteiger partial charge < -0.3 is 0 Å². The van der Waals surface area contributed by atoms with Crippen LogP contribution in [0.4, 0.5) is 0 Å². The van der Waals surface area contributed by atoms with Gasteiger partial charge in [0.05, 0.1) is 0 Å². The predicted molar refractivity (Wildman–Crippen MR) is 89.2 cm³/mol. The molecule has 0 radical (unpaired) electrons. The third-order valence-electron chi connectivity index (χ3n) is 5.20. The number of hydrogen-bond acceptors (Lipinski definition) is 1. The van der Waals surface area contributed by atoms with E-state index in [0.717, 1.165) is 22.8 Å². The van der Waals surface area contributed by atoms with E-state index in [2.05, 4.69) is 19.1 Å². The molecule has 1 nitrogen and oxygen atoms in total. The average molecular weight is 365 g/mol. The summed E-state index contributed by atoms with van der Waals surface area (Å²) < 4.78 is 2.85. The number of hydrogen-bond donors (Lipinski definition) is 0. The summed E-state index contributed by atoms with van der Waals surface area (Å²) in [7, 11) is 0. The summed E-state index contributed by atoms with van der Waals surface area (Å²) in [5.74, 6) is 2.70. The second-order valence-electron chi connectivity index (χ2n) is 6.68. The number of nitrogens with zero attached hydrogens (tertiary/aromatic N) is 1. The van der Waals surface area contributed by atoms with Crippen molar-refractivity contribution >= 4 is 26.1 Å². The van der Waals surface area contributed by atoms with E-state index < -0.39 is 0 Å². The van der Waals surface area contributed by atoms with Gasteiger partial charge in [-0.3, -0.25) is 0 Å². The molecule has 1 aromatic carbocycles. The van der Waals surface area contributed by atoms with Gasteiger partial charge in [-0.1, -0.05) is 0 Å². The van der Waals surface area contributed by atoms with Gasteiger partial charge in [-0.05, 0) is 0 Å². The summed E-state index contributed by atoms with van der Waals surface area (Å²) >= 11 is 6.39. The minimum atomic E-state index is 0.402. The van der Waals surface area contributed by atoms with Crippen LogP contribution in [0.15, 0.2) is 24.3 Å². The topological polar surface area (TPSA) is 12.9 Å². The zero-order valence-corrected chi connectivity index (χ0v) is 14.8. The van der Waals surface area contributed by atoms with Crippen LogP contribution in [0, 0.1) is 18.8 Å². The molecule has 3 heteroatoms. The summed E-state index contributed by atoms with van der Waals surface area (Å²) in [6, 6.07) is 8.18. The molecule has 2 aliphatic rings. The molecule has 2 unspecified atom stereocenters. The first-order chi connectivity index (χ1) is 10.2. The SMILES string of the molecule is Cc1[se]c(-c2ccc(Cl)cc2)nc1C1CC2CCC(C2)C1. The van der Waals surface area contributed by atoms with E-state index in [0.29, 0.717) is 14.5 Å². The Morgan fingerprint density at radius 2 is 1.71 bits per heavy atom. The summed E-state index contributed by atoms with van der Waals surface area (Å²) in [4.78, 5) is 5.07. The summed E-state index contributed by atoms with van der Waals surface area (Å²) in [5, 5.41) is 0.804. The van der Waals surface area contributed by atoms with E-state index >= 15 is 0 Å². The van der Waals surface area contributed by atoms with Gasteiger partial charge in [-0.2, -0.15) is 0 Å². The molecule has 2 atom stereocenters. The summed E-state index contributed by atoms with van der Waals surface area (Å²) in [6.45, 7) is 2.30. The molecule has 0 aliphatic heterocycles. The first-order valence-electron chi connectivity index (χ1n) is 7.92. The van der Waals surface area contributed by atoms with Crippen LogP contribution in [0.1, 0.15) is 48.2 Å². The maximum absolute atomic E-state index is 5.99. The van der Waals surface area contributed by atoms with Gasteiger partial charge in [-0.15, -0.1) is 0 Å². The zero-order chi connectivity index (χ0) is 14.4. The first-order valence-corrected chi connectivity index (χ1v) is 10.0. The van der Waals surface area contributed by atoms with Crippen molar-refractivity contribution in [3.05, 3.63) is 39.4 Å². The maximum atomic E-state index is 5.99. The number of aryl methyl sites for hydroxylation is 1. The van der Waals surface area contributed by atoms with Crippen LogP contribution in [0.2, 0.25) is 5.02 Å². The average Bonchev–Trinajstić information content (AvgIpc) is 3.02. The van der Waals surface area contributed by atoms with E-state index in [1.165, 1.54) is 47.9 Å². The van der Waals surface area contributed by atoms with E-state index in [4.69, 9.17) is 16.6 Å². The van der Waals surface area contributed by atoms with Crippen LogP contribution in [0.25, 0.3) is 10.1 Å². The number of aromatic nitrogens is 1. The van der Waals surface area contributed by atoms with Gasteiger partial charge in [0.1, 0.15) is 0 Å². The fourth-order valence-electron chi connectivity index (χ4n) is 4.23. The first kappa shape index (κ1) is 14.1. The molecule has 0 saturated heterocycles. The summed E-state index contributed by atoms with van der Waals surface area (Å²) in [6.07, 6.45) is 7.19. The van der Waals surface area contributed by atoms with Crippen molar-refractivity contribution in [2.45, 2.75) is 44.9 Å². The standard InChI is InChI=1S/C18H20ClNSe/c1-11-17(15-9-12-2-3-13(8-12)10-15)20-18(21-11)14-4-6-16(19)7-5-14/h4-7,12-13,15H,2-3,8-10H2,1H3. The zero-order valence-electron chi connectivity index (χ0n) is 12.3. The Kier molecular flexibility index (Phi) is 3.73. The Morgan fingerprint density at radius 1 is 1.05 bits per heavy atom. The van der Waals surface area contributed by atoms with E-state index in [9.17, 15) is 0 Å². The van der Waals surface area contributed by atoms with Crippen LogP contribution in [0.3, 0.4) is 0 Å². The van der Waals surface area contributed by atoms with Crippen molar-refractivity contribution in [2.75, 3.05) is 0 Å². The molecule has 4 rings (SSSR count). The Labute approximate surface area is 137 Å². The minimum absolute atomic E-state index is 0.402. The van der Waals surface area contributed by atoms with Crippen molar-refractivity contribution in [1.82, 2.24) is 4.98 Å². The van der Waals surface area contributed by atoms with Crippen molar-refractivity contribution in [3.63, 3.8) is 0 Å². The molecule has 2 aromatic rings. The number of benzene rings is 1. The third kappa shape index (κ3) is 2.74. The number of rotatable bonds is 2. The second-order valence-corrected chi connectivity index (χ2v) is 9.64. The van der Waals surface area contributed by atoms with Crippen molar-refractivity contribution in [3.8, 4) is 10.1 Å². The molecule has 0 N–H and O–H groups in total. The van der Waals surface area contributed by atoms with E-state index in [-0.39, 0.29) is 0 Å². The Balaban J connectivity index is 1.63. The van der Waals surface area contributed by atoms with Crippen molar-refractivity contribution in [2.24, 2.45) is 11.8 Å². The Hall–Kier alpha value is -0.561. The molecule has 0 spiro atoms. The summed E-state index contributed by atoms with van der Waals surface area (Å²) in [5.41, 5.74) is 2.70. The van der Waals surface area contributed by atoms with Crippen LogP contribution < -0.4 is 0 Å². The fourth-order valence-corrected chi connectivity index (χ4v) is 6.47. The van der Waals surface area contributed by atoms with E-state index in [1.807, 2.05) is 12.1 Å². The normalized spacial score (nSPS) is 28.0. The predicted octanol–water partition coefficient (Wildman–Crippen LogP) is 5.06. The molecular formula is C18H20ClNSe. The van der Waals surface area contributed by atoms with Crippen LogP contribution in [0.5, 0.6) is 0 Å². The molecule has 1 heterocycles. The molecule has 2 bridgehead atoms. The number of halogens is 1. The molecular weight excluding hydrogens is 345 g/mol. The molecule has 1 aromatic heterocycles.